The van der Waals surface area contributed by atoms with Gasteiger partial charge < -0.3 is 10.2 Å². The maximum Gasteiger partial charge on any atom is 0.276 e. The van der Waals surface area contributed by atoms with Gasteiger partial charge >= 0.3 is 0 Å². The quantitative estimate of drug-likeness (QED) is 0.644. The molecule has 7 nitrogen and oxygen atoms in total. The summed E-state index contributed by atoms with van der Waals surface area (Å²) in [6, 6.07) is 3.30. The summed E-state index contributed by atoms with van der Waals surface area (Å²) in [7, 11) is 1.59. The van der Waals surface area contributed by atoms with Crippen LogP contribution in [0.4, 0.5) is 14.6 Å². The van der Waals surface area contributed by atoms with Crippen molar-refractivity contribution in [2.45, 2.75) is 19.3 Å². The molecule has 1 aliphatic rings. The number of hydrogen-bond donors (Lipinski definition) is 1. The number of halogens is 2. The van der Waals surface area contributed by atoms with Gasteiger partial charge in [-0.2, -0.15) is 0 Å². The Morgan fingerprint density at radius 1 is 1.44 bits per heavy atom. The summed E-state index contributed by atoms with van der Waals surface area (Å²) in [5.74, 6) is -2.78. The van der Waals surface area contributed by atoms with E-state index in [1.54, 1.807) is 32.2 Å². The number of carbonyl (C=O) groups excluding carboxylic acids is 1. The maximum atomic E-state index is 13.5. The lowest BCUT2D eigenvalue weighted by Gasteiger charge is -2.17. The summed E-state index contributed by atoms with van der Waals surface area (Å²) in [5, 5.41) is 7.10. The van der Waals surface area contributed by atoms with Gasteiger partial charge in [-0.3, -0.25) is 9.79 Å². The molecule has 0 unspecified atom stereocenters. The fourth-order valence-electron chi connectivity index (χ4n) is 2.97. The second-order valence-corrected chi connectivity index (χ2v) is 6.23. The number of anilines is 1. The van der Waals surface area contributed by atoms with Crippen LogP contribution < -0.4 is 10.2 Å². The van der Waals surface area contributed by atoms with E-state index in [-0.39, 0.29) is 25.2 Å². The summed E-state index contributed by atoms with van der Waals surface area (Å²) in [6.45, 7) is 5.11. The standard InChI is InChI=1S/C18H20F2N6O/c1-4-5-13(10-21-3)23-17(27)16-12(2)22-14-6-7-15(24-26(14)16)25-9-8-18(19,20)11-25/h4-7,10H,1,8-9,11H2,2-3H3,(H,23,27)/b13-5+,21-10?. The van der Waals surface area contributed by atoms with Gasteiger partial charge in [0.1, 0.15) is 5.82 Å². The summed E-state index contributed by atoms with van der Waals surface area (Å²) < 4.78 is 28.4. The minimum atomic E-state index is -2.73. The third-order valence-corrected chi connectivity index (χ3v) is 4.17. The van der Waals surface area contributed by atoms with Crippen LogP contribution in [0.1, 0.15) is 22.6 Å². The average molecular weight is 374 g/mol. The van der Waals surface area contributed by atoms with E-state index in [1.807, 2.05) is 0 Å². The van der Waals surface area contributed by atoms with Crippen LogP contribution in [0.25, 0.3) is 5.65 Å². The van der Waals surface area contributed by atoms with Crippen molar-refractivity contribution in [3.05, 3.63) is 47.9 Å². The van der Waals surface area contributed by atoms with Gasteiger partial charge in [-0.1, -0.05) is 12.7 Å². The highest BCUT2D eigenvalue weighted by Crippen LogP contribution is 2.30. The number of carbonyl (C=O) groups is 1. The molecule has 0 bridgehead atoms. The van der Waals surface area contributed by atoms with Crippen molar-refractivity contribution in [1.82, 2.24) is 19.9 Å². The number of hydrogen-bond acceptors (Lipinski definition) is 5. The van der Waals surface area contributed by atoms with Crippen LogP contribution in [0.2, 0.25) is 0 Å². The van der Waals surface area contributed by atoms with Gasteiger partial charge in [0.05, 0.1) is 17.9 Å². The average Bonchev–Trinajstić information content (AvgIpc) is 3.13. The largest absolute Gasteiger partial charge is 0.349 e. The molecule has 2 aromatic heterocycles. The highest BCUT2D eigenvalue weighted by atomic mass is 19.3. The summed E-state index contributed by atoms with van der Waals surface area (Å²) in [4.78, 5) is 22.5. The van der Waals surface area contributed by atoms with Gasteiger partial charge in [0, 0.05) is 26.2 Å². The second-order valence-electron chi connectivity index (χ2n) is 6.23. The number of nitrogens with one attached hydrogen (secondary N) is 1. The Kier molecular flexibility index (Phi) is 5.02. The predicted molar refractivity (Wildman–Crippen MR) is 99.7 cm³/mol. The minimum Gasteiger partial charge on any atom is -0.349 e. The van der Waals surface area contributed by atoms with Gasteiger partial charge in [-0.15, -0.1) is 5.10 Å². The summed E-state index contributed by atoms with van der Waals surface area (Å²) >= 11 is 0. The van der Waals surface area contributed by atoms with Crippen LogP contribution in [-0.4, -0.2) is 52.8 Å². The van der Waals surface area contributed by atoms with Crippen molar-refractivity contribution in [3.8, 4) is 0 Å². The van der Waals surface area contributed by atoms with Crippen LogP contribution in [0.15, 0.2) is 41.6 Å². The number of aryl methyl sites for hydroxylation is 1. The second kappa shape index (κ2) is 7.26. The van der Waals surface area contributed by atoms with Crippen LogP contribution in [-0.2, 0) is 0 Å². The zero-order valence-corrected chi connectivity index (χ0v) is 15.1. The van der Waals surface area contributed by atoms with Crippen molar-refractivity contribution < 1.29 is 13.6 Å². The molecule has 1 fully saturated rings. The topological polar surface area (TPSA) is 74.9 Å². The third-order valence-electron chi connectivity index (χ3n) is 4.17. The van der Waals surface area contributed by atoms with Crippen molar-refractivity contribution >= 4 is 23.6 Å². The molecule has 27 heavy (non-hydrogen) atoms. The lowest BCUT2D eigenvalue weighted by Crippen LogP contribution is -2.28. The molecule has 1 aliphatic heterocycles. The van der Waals surface area contributed by atoms with Gasteiger partial charge in [0.15, 0.2) is 11.3 Å². The normalized spacial score (nSPS) is 17.0. The molecule has 3 heterocycles. The van der Waals surface area contributed by atoms with Gasteiger partial charge in [-0.05, 0) is 25.1 Å². The number of amides is 1. The first-order valence-electron chi connectivity index (χ1n) is 8.40. The van der Waals surface area contributed by atoms with Crippen molar-refractivity contribution in [2.75, 3.05) is 25.0 Å². The molecule has 1 N–H and O–H groups in total. The fourth-order valence-corrected chi connectivity index (χ4v) is 2.97. The van der Waals surface area contributed by atoms with E-state index < -0.39 is 11.8 Å². The smallest absolute Gasteiger partial charge is 0.276 e. The monoisotopic (exact) mass is 374 g/mol. The van der Waals surface area contributed by atoms with Crippen molar-refractivity contribution in [3.63, 3.8) is 0 Å². The van der Waals surface area contributed by atoms with E-state index in [0.717, 1.165) is 0 Å². The molecule has 0 radical (unpaired) electrons. The molecular formula is C18H20F2N6O. The molecule has 0 aliphatic carbocycles. The molecule has 0 spiro atoms. The number of fused-ring (bicyclic) bond motifs is 1. The Morgan fingerprint density at radius 3 is 2.85 bits per heavy atom. The number of allylic oxidation sites excluding steroid dienone is 3. The molecular weight excluding hydrogens is 354 g/mol. The number of aliphatic imine (C=N–C) groups is 1. The predicted octanol–water partition coefficient (Wildman–Crippen LogP) is 2.38. The van der Waals surface area contributed by atoms with Crippen LogP contribution >= 0.6 is 0 Å². The zero-order chi connectivity index (χ0) is 19.6. The van der Waals surface area contributed by atoms with E-state index >= 15 is 0 Å². The lowest BCUT2D eigenvalue weighted by molar-refractivity contribution is 0.0256. The summed E-state index contributed by atoms with van der Waals surface area (Å²) in [6.07, 6.45) is 4.41. The Balaban J connectivity index is 1.96. The highest BCUT2D eigenvalue weighted by Gasteiger charge is 2.39. The van der Waals surface area contributed by atoms with Crippen LogP contribution in [0.5, 0.6) is 0 Å². The molecule has 142 valence electrons. The van der Waals surface area contributed by atoms with Crippen LogP contribution in [0.3, 0.4) is 0 Å². The number of alkyl halides is 2. The maximum absolute atomic E-state index is 13.5. The third kappa shape index (κ3) is 3.86. The number of imidazole rings is 1. The van der Waals surface area contributed by atoms with E-state index in [9.17, 15) is 13.6 Å². The minimum absolute atomic E-state index is 0.208. The number of aromatic nitrogens is 3. The van der Waals surface area contributed by atoms with E-state index in [2.05, 4.69) is 27.0 Å². The molecule has 0 atom stereocenters. The number of rotatable bonds is 5. The summed E-state index contributed by atoms with van der Waals surface area (Å²) in [5.41, 5.74) is 1.64. The molecule has 2 aromatic rings. The molecule has 1 amide bonds. The van der Waals surface area contributed by atoms with E-state index in [1.165, 1.54) is 21.7 Å². The molecule has 3 rings (SSSR count). The lowest BCUT2D eigenvalue weighted by atomic mass is 10.3. The molecule has 0 saturated carbocycles. The first-order valence-corrected chi connectivity index (χ1v) is 8.40. The van der Waals surface area contributed by atoms with E-state index in [0.29, 0.717) is 22.9 Å². The first-order chi connectivity index (χ1) is 12.8. The molecule has 9 heteroatoms. The van der Waals surface area contributed by atoms with Gasteiger partial charge in [-0.25, -0.2) is 18.3 Å². The van der Waals surface area contributed by atoms with Crippen LogP contribution in [0, 0.1) is 6.92 Å². The van der Waals surface area contributed by atoms with E-state index in [4.69, 9.17) is 0 Å². The van der Waals surface area contributed by atoms with Gasteiger partial charge in [0.2, 0.25) is 0 Å². The van der Waals surface area contributed by atoms with Crippen molar-refractivity contribution in [1.29, 1.82) is 0 Å². The zero-order valence-electron chi connectivity index (χ0n) is 15.1. The first kappa shape index (κ1) is 18.7. The Hall–Kier alpha value is -3.10. The Morgan fingerprint density at radius 2 is 2.22 bits per heavy atom. The molecule has 1 saturated heterocycles. The highest BCUT2D eigenvalue weighted by molar-refractivity contribution is 5.99. The Labute approximate surface area is 155 Å². The van der Waals surface area contributed by atoms with Gasteiger partial charge in [0.25, 0.3) is 11.8 Å². The fraction of sp³-hybridized carbons (Fsp3) is 0.333. The number of nitrogens with zero attached hydrogens (tertiary/aromatic N) is 5. The molecule has 0 aromatic carbocycles. The SMILES string of the molecule is C=C/C=C(\C=NC)NC(=O)c1c(C)nc2ccc(N3CCC(F)(F)C3)nn12. The van der Waals surface area contributed by atoms with Crippen molar-refractivity contribution in [2.24, 2.45) is 4.99 Å². The Bertz CT molecular complexity index is 947.